The number of aromatic nitrogens is 2. The summed E-state index contributed by atoms with van der Waals surface area (Å²) < 4.78 is 0. The second kappa shape index (κ2) is 1.79. The molecular formula is C9H10N2O. The lowest BCUT2D eigenvalue weighted by atomic mass is 10.1. The van der Waals surface area contributed by atoms with Gasteiger partial charge in [-0.25, -0.2) is 0 Å². The van der Waals surface area contributed by atoms with Crippen LogP contribution in [0, 0.1) is 5.92 Å². The molecule has 2 atom stereocenters. The van der Waals surface area contributed by atoms with Crippen molar-refractivity contribution in [3.05, 3.63) is 17.0 Å². The molecule has 0 aliphatic heterocycles. The molecule has 3 rings (SSSR count). The molecule has 1 saturated carbocycles. The minimum atomic E-state index is 0.116. The first-order valence-corrected chi connectivity index (χ1v) is 4.35. The van der Waals surface area contributed by atoms with Crippen LogP contribution in [0.3, 0.4) is 0 Å². The molecule has 1 N–H and O–H groups in total. The molecule has 3 nitrogen and oxygen atoms in total. The Labute approximate surface area is 70.2 Å². The summed E-state index contributed by atoms with van der Waals surface area (Å²) in [5, 5.41) is 7.03. The highest BCUT2D eigenvalue weighted by Gasteiger charge is 2.48. The minimum Gasteiger partial charge on any atom is -0.293 e. The predicted octanol–water partition coefficient (Wildman–Crippen LogP) is 1.27. The number of rotatable bonds is 1. The first-order valence-electron chi connectivity index (χ1n) is 4.35. The van der Waals surface area contributed by atoms with Gasteiger partial charge in [-0.15, -0.1) is 0 Å². The molecule has 0 spiro atoms. The number of hydrogen-bond donors (Lipinski definition) is 1. The number of ketones is 1. The van der Waals surface area contributed by atoms with Crippen LogP contribution in [-0.2, 0) is 6.42 Å². The van der Waals surface area contributed by atoms with E-state index in [0.29, 0.717) is 5.92 Å². The monoisotopic (exact) mass is 162 g/mol. The van der Waals surface area contributed by atoms with Crippen molar-refractivity contribution >= 4 is 5.78 Å². The Morgan fingerprint density at radius 2 is 2.50 bits per heavy atom. The molecule has 1 aromatic heterocycles. The second-order valence-electron chi connectivity index (χ2n) is 3.82. The Bertz CT molecular complexity index is 367. The molecule has 0 saturated heterocycles. The van der Waals surface area contributed by atoms with Gasteiger partial charge in [0.25, 0.3) is 0 Å². The van der Waals surface area contributed by atoms with Gasteiger partial charge in [0.05, 0.1) is 5.69 Å². The lowest BCUT2D eigenvalue weighted by Crippen LogP contribution is -1.97. The maximum atomic E-state index is 11.1. The number of nitrogens with zero attached hydrogens (tertiary/aromatic N) is 1. The number of Topliss-reactive ketones (excluding diaryl/α,β-unsaturated/α-hetero) is 1. The summed E-state index contributed by atoms with van der Waals surface area (Å²) in [4.78, 5) is 11.1. The third-order valence-corrected chi connectivity index (χ3v) is 2.99. The van der Waals surface area contributed by atoms with Gasteiger partial charge in [0.1, 0.15) is 5.69 Å². The van der Waals surface area contributed by atoms with Crippen LogP contribution in [0.4, 0.5) is 0 Å². The van der Waals surface area contributed by atoms with Crippen molar-refractivity contribution in [1.82, 2.24) is 10.2 Å². The number of carbonyl (C=O) groups is 1. The van der Waals surface area contributed by atoms with Crippen molar-refractivity contribution in [3.8, 4) is 0 Å². The van der Waals surface area contributed by atoms with Crippen LogP contribution < -0.4 is 0 Å². The number of hydrogen-bond acceptors (Lipinski definition) is 2. The van der Waals surface area contributed by atoms with E-state index < -0.39 is 0 Å². The van der Waals surface area contributed by atoms with E-state index in [-0.39, 0.29) is 5.78 Å². The summed E-state index contributed by atoms with van der Waals surface area (Å²) >= 11 is 0. The lowest BCUT2D eigenvalue weighted by Gasteiger charge is -1.94. The normalized spacial score (nSPS) is 29.8. The molecule has 0 radical (unpaired) electrons. The zero-order valence-electron chi connectivity index (χ0n) is 6.92. The maximum absolute atomic E-state index is 11.1. The molecule has 2 aliphatic rings. The van der Waals surface area contributed by atoms with E-state index in [1.54, 1.807) is 6.92 Å². The van der Waals surface area contributed by atoms with Crippen LogP contribution in [0.2, 0.25) is 0 Å². The van der Waals surface area contributed by atoms with E-state index in [2.05, 4.69) is 10.2 Å². The number of carbonyl (C=O) groups excluding carboxylic acids is 1. The van der Waals surface area contributed by atoms with Gasteiger partial charge in [-0.05, 0) is 18.8 Å². The van der Waals surface area contributed by atoms with Crippen molar-refractivity contribution in [2.75, 3.05) is 0 Å². The van der Waals surface area contributed by atoms with Crippen LogP contribution in [0.1, 0.15) is 41.0 Å². The average molecular weight is 162 g/mol. The highest BCUT2D eigenvalue weighted by Crippen LogP contribution is 2.55. The third kappa shape index (κ3) is 0.618. The van der Waals surface area contributed by atoms with Gasteiger partial charge in [-0.2, -0.15) is 5.10 Å². The molecule has 12 heavy (non-hydrogen) atoms. The Morgan fingerprint density at radius 3 is 3.25 bits per heavy atom. The molecule has 1 heterocycles. The third-order valence-electron chi connectivity index (χ3n) is 2.99. The second-order valence-corrected chi connectivity index (χ2v) is 3.82. The topological polar surface area (TPSA) is 45.8 Å². The molecule has 62 valence electrons. The van der Waals surface area contributed by atoms with Crippen LogP contribution in [0.5, 0.6) is 0 Å². The Kier molecular flexibility index (Phi) is 0.953. The summed E-state index contributed by atoms with van der Waals surface area (Å²) in [5.41, 5.74) is 3.12. The van der Waals surface area contributed by atoms with Crippen molar-refractivity contribution in [1.29, 1.82) is 0 Å². The van der Waals surface area contributed by atoms with Crippen molar-refractivity contribution in [2.45, 2.75) is 25.7 Å². The fourth-order valence-electron chi connectivity index (χ4n) is 2.25. The van der Waals surface area contributed by atoms with Gasteiger partial charge in [0.15, 0.2) is 5.78 Å². The fraction of sp³-hybridized carbons (Fsp3) is 0.556. The summed E-state index contributed by atoms with van der Waals surface area (Å²) in [5.74, 6) is 1.62. The Balaban J connectivity index is 2.14. The molecule has 2 aliphatic carbocycles. The summed E-state index contributed by atoms with van der Waals surface area (Å²) in [6, 6.07) is 0. The largest absolute Gasteiger partial charge is 0.293 e. The first-order chi connectivity index (χ1) is 5.77. The summed E-state index contributed by atoms with van der Waals surface area (Å²) in [6.45, 7) is 1.59. The van der Waals surface area contributed by atoms with Crippen LogP contribution in [0.15, 0.2) is 0 Å². The van der Waals surface area contributed by atoms with E-state index in [1.165, 1.54) is 17.7 Å². The van der Waals surface area contributed by atoms with Gasteiger partial charge in [0.2, 0.25) is 0 Å². The Hall–Kier alpha value is -1.12. The number of fused-ring (bicyclic) bond motifs is 3. The van der Waals surface area contributed by atoms with Gasteiger partial charge in [0, 0.05) is 18.4 Å². The zero-order chi connectivity index (χ0) is 8.29. The molecule has 0 unspecified atom stereocenters. The zero-order valence-corrected chi connectivity index (χ0v) is 6.92. The number of H-pyrrole nitrogens is 1. The van der Waals surface area contributed by atoms with Crippen molar-refractivity contribution < 1.29 is 4.79 Å². The van der Waals surface area contributed by atoms with Gasteiger partial charge < -0.3 is 0 Å². The van der Waals surface area contributed by atoms with Crippen molar-refractivity contribution in [2.24, 2.45) is 5.92 Å². The summed E-state index contributed by atoms with van der Waals surface area (Å²) in [7, 11) is 0. The maximum Gasteiger partial charge on any atom is 0.177 e. The van der Waals surface area contributed by atoms with E-state index >= 15 is 0 Å². The highest BCUT2D eigenvalue weighted by molar-refractivity contribution is 5.94. The lowest BCUT2D eigenvalue weighted by molar-refractivity contribution is 0.101. The quantitative estimate of drug-likeness (QED) is 0.632. The average Bonchev–Trinajstić information content (AvgIpc) is 2.54. The smallest absolute Gasteiger partial charge is 0.177 e. The summed E-state index contributed by atoms with van der Waals surface area (Å²) in [6.07, 6.45) is 2.36. The highest BCUT2D eigenvalue weighted by atomic mass is 16.1. The molecular weight excluding hydrogens is 152 g/mol. The van der Waals surface area contributed by atoms with Crippen LogP contribution in [-0.4, -0.2) is 16.0 Å². The van der Waals surface area contributed by atoms with E-state index in [0.717, 1.165) is 18.0 Å². The van der Waals surface area contributed by atoms with E-state index in [4.69, 9.17) is 0 Å². The van der Waals surface area contributed by atoms with Crippen LogP contribution >= 0.6 is 0 Å². The minimum absolute atomic E-state index is 0.116. The van der Waals surface area contributed by atoms with E-state index in [9.17, 15) is 4.79 Å². The van der Waals surface area contributed by atoms with E-state index in [1.807, 2.05) is 0 Å². The van der Waals surface area contributed by atoms with Gasteiger partial charge in [-0.3, -0.25) is 9.89 Å². The molecule has 1 fully saturated rings. The standard InChI is InChI=1S/C9H10N2O/c1-4(12)8-7-3-5-2-6(5)9(7)11-10-8/h5-6H,2-3H2,1H3,(H,10,11)/t5-,6-/m1/s1. The van der Waals surface area contributed by atoms with Gasteiger partial charge >= 0.3 is 0 Å². The van der Waals surface area contributed by atoms with Gasteiger partial charge in [-0.1, -0.05) is 0 Å². The molecule has 1 aromatic rings. The Morgan fingerprint density at radius 1 is 1.67 bits per heavy atom. The molecule has 0 aromatic carbocycles. The number of aromatic amines is 1. The fourth-order valence-corrected chi connectivity index (χ4v) is 2.25. The number of nitrogens with one attached hydrogen (secondary N) is 1. The molecule has 0 amide bonds. The molecule has 0 bridgehead atoms. The van der Waals surface area contributed by atoms with Crippen LogP contribution in [0.25, 0.3) is 0 Å². The first kappa shape index (κ1) is 6.40. The van der Waals surface area contributed by atoms with Crippen molar-refractivity contribution in [3.63, 3.8) is 0 Å². The molecule has 3 heteroatoms. The predicted molar refractivity (Wildman–Crippen MR) is 43.1 cm³/mol. The SMILES string of the molecule is CC(=O)c1[nH]nc2c1C[C@H]1C[C@@H]21.